The molecule has 0 aliphatic heterocycles. The summed E-state index contributed by atoms with van der Waals surface area (Å²) < 4.78 is 1.13. The van der Waals surface area contributed by atoms with Gasteiger partial charge in [-0.25, -0.2) is 9.97 Å². The molecule has 3 aromatic rings. The Hall–Kier alpha value is -2.05. The third kappa shape index (κ3) is 2.54. The smallest absolute Gasteiger partial charge is 0.189 e. The van der Waals surface area contributed by atoms with Crippen molar-refractivity contribution in [2.24, 2.45) is 5.73 Å². The number of rotatable bonds is 3. The van der Waals surface area contributed by atoms with Crippen molar-refractivity contribution in [3.8, 4) is 0 Å². The van der Waals surface area contributed by atoms with Gasteiger partial charge in [-0.2, -0.15) is 0 Å². The van der Waals surface area contributed by atoms with Gasteiger partial charge in [-0.3, -0.25) is 0 Å². The van der Waals surface area contributed by atoms with Crippen LogP contribution < -0.4 is 11.1 Å². The standard InChI is InChI=1S/C13H10N4S2/c14-12(18)8-5-6-15-11(7-8)17-13-16-9-3-1-2-4-10(9)19-13/h1-7H,(H2,14,18)(H,15,16,17). The highest BCUT2D eigenvalue weighted by molar-refractivity contribution is 7.80. The summed E-state index contributed by atoms with van der Waals surface area (Å²) >= 11 is 6.53. The fourth-order valence-corrected chi connectivity index (χ4v) is 2.69. The van der Waals surface area contributed by atoms with Gasteiger partial charge in [0.15, 0.2) is 5.13 Å². The van der Waals surface area contributed by atoms with E-state index in [2.05, 4.69) is 15.3 Å². The number of anilines is 2. The summed E-state index contributed by atoms with van der Waals surface area (Å²) in [5, 5.41) is 3.97. The van der Waals surface area contributed by atoms with E-state index in [1.165, 1.54) is 0 Å². The molecule has 0 atom stereocenters. The number of benzene rings is 1. The van der Waals surface area contributed by atoms with Crippen LogP contribution in [0.2, 0.25) is 0 Å². The number of thiazole rings is 1. The van der Waals surface area contributed by atoms with Gasteiger partial charge in [0, 0.05) is 11.8 Å². The highest BCUT2D eigenvalue weighted by atomic mass is 32.1. The van der Waals surface area contributed by atoms with E-state index < -0.39 is 0 Å². The van der Waals surface area contributed by atoms with Crippen molar-refractivity contribution >= 4 is 49.7 Å². The molecule has 1 aromatic carbocycles. The van der Waals surface area contributed by atoms with Gasteiger partial charge in [0.1, 0.15) is 10.8 Å². The van der Waals surface area contributed by atoms with E-state index in [9.17, 15) is 0 Å². The maximum absolute atomic E-state index is 5.60. The van der Waals surface area contributed by atoms with Crippen molar-refractivity contribution < 1.29 is 0 Å². The fourth-order valence-electron chi connectivity index (χ4n) is 1.69. The number of hydrogen-bond donors (Lipinski definition) is 2. The molecule has 0 bridgehead atoms. The lowest BCUT2D eigenvalue weighted by Gasteiger charge is -2.03. The molecule has 19 heavy (non-hydrogen) atoms. The van der Waals surface area contributed by atoms with Crippen LogP contribution in [-0.2, 0) is 0 Å². The quantitative estimate of drug-likeness (QED) is 0.724. The molecule has 94 valence electrons. The molecule has 2 heterocycles. The van der Waals surface area contributed by atoms with Crippen molar-refractivity contribution in [3.63, 3.8) is 0 Å². The Balaban J connectivity index is 1.92. The first-order valence-corrected chi connectivity index (χ1v) is 6.83. The Morgan fingerprint density at radius 2 is 2.11 bits per heavy atom. The molecule has 3 N–H and O–H groups in total. The predicted octanol–water partition coefficient (Wildman–Crippen LogP) is 3.07. The number of para-hydroxylation sites is 1. The average molecular weight is 286 g/mol. The number of hydrogen-bond acceptors (Lipinski definition) is 5. The first kappa shape index (κ1) is 12.0. The summed E-state index contributed by atoms with van der Waals surface area (Å²) in [5.74, 6) is 0.685. The SMILES string of the molecule is NC(=S)c1ccnc(Nc2nc3ccccc3s2)c1. The Morgan fingerprint density at radius 3 is 2.89 bits per heavy atom. The lowest BCUT2D eigenvalue weighted by molar-refractivity contribution is 1.29. The number of nitrogens with zero attached hydrogens (tertiary/aromatic N) is 2. The van der Waals surface area contributed by atoms with E-state index in [-0.39, 0.29) is 0 Å². The minimum Gasteiger partial charge on any atom is -0.389 e. The number of nitrogens with two attached hydrogens (primary N) is 1. The second-order valence-corrected chi connectivity index (χ2v) is 5.38. The molecule has 6 heteroatoms. The molecule has 0 radical (unpaired) electrons. The van der Waals surface area contributed by atoms with E-state index in [4.69, 9.17) is 18.0 Å². The third-order valence-corrected chi connectivity index (χ3v) is 3.76. The molecule has 0 saturated carbocycles. The first-order chi connectivity index (χ1) is 9.22. The molecule has 2 aromatic heterocycles. The lowest BCUT2D eigenvalue weighted by atomic mass is 10.2. The van der Waals surface area contributed by atoms with Crippen LogP contribution in [0.5, 0.6) is 0 Å². The van der Waals surface area contributed by atoms with E-state index in [0.717, 1.165) is 20.9 Å². The second kappa shape index (κ2) is 4.91. The second-order valence-electron chi connectivity index (χ2n) is 3.91. The van der Waals surface area contributed by atoms with Crippen molar-refractivity contribution in [2.75, 3.05) is 5.32 Å². The predicted molar refractivity (Wildman–Crippen MR) is 83.0 cm³/mol. The van der Waals surface area contributed by atoms with E-state index in [0.29, 0.717) is 10.8 Å². The maximum atomic E-state index is 5.60. The van der Waals surface area contributed by atoms with Gasteiger partial charge in [-0.1, -0.05) is 35.7 Å². The maximum Gasteiger partial charge on any atom is 0.189 e. The fraction of sp³-hybridized carbons (Fsp3) is 0. The van der Waals surface area contributed by atoms with Crippen LogP contribution in [0.15, 0.2) is 42.6 Å². The summed E-state index contributed by atoms with van der Waals surface area (Å²) in [4.78, 5) is 9.07. The summed E-state index contributed by atoms with van der Waals surface area (Å²) in [5.41, 5.74) is 7.36. The normalized spacial score (nSPS) is 10.5. The van der Waals surface area contributed by atoms with Crippen LogP contribution in [0.25, 0.3) is 10.2 Å². The molecule has 3 rings (SSSR count). The van der Waals surface area contributed by atoms with Crippen LogP contribution in [0.4, 0.5) is 10.9 Å². The van der Waals surface area contributed by atoms with E-state index in [1.807, 2.05) is 30.3 Å². The number of thiocarbonyl (C=S) groups is 1. The molecule has 0 unspecified atom stereocenters. The zero-order chi connectivity index (χ0) is 13.2. The number of fused-ring (bicyclic) bond motifs is 1. The first-order valence-electron chi connectivity index (χ1n) is 5.61. The summed E-state index contributed by atoms with van der Waals surface area (Å²) in [7, 11) is 0. The molecular formula is C13H10N4S2. The van der Waals surface area contributed by atoms with Crippen molar-refractivity contribution in [3.05, 3.63) is 48.2 Å². The zero-order valence-electron chi connectivity index (χ0n) is 9.83. The molecule has 0 aliphatic rings. The lowest BCUT2D eigenvalue weighted by Crippen LogP contribution is -2.09. The van der Waals surface area contributed by atoms with Crippen LogP contribution in [0.1, 0.15) is 5.56 Å². The number of nitrogens with one attached hydrogen (secondary N) is 1. The molecule has 0 spiro atoms. The molecule has 0 fully saturated rings. The van der Waals surface area contributed by atoms with Crippen LogP contribution >= 0.6 is 23.6 Å². The Morgan fingerprint density at radius 1 is 1.26 bits per heavy atom. The van der Waals surface area contributed by atoms with Gasteiger partial charge in [0.05, 0.1) is 10.2 Å². The van der Waals surface area contributed by atoms with Crippen LogP contribution in [0, 0.1) is 0 Å². The Kier molecular flexibility index (Phi) is 3.10. The van der Waals surface area contributed by atoms with Crippen LogP contribution in [-0.4, -0.2) is 15.0 Å². The summed E-state index contributed by atoms with van der Waals surface area (Å²) in [6, 6.07) is 11.6. The van der Waals surface area contributed by atoms with E-state index >= 15 is 0 Å². The van der Waals surface area contributed by atoms with Crippen molar-refractivity contribution in [2.45, 2.75) is 0 Å². The number of pyridine rings is 1. The molecule has 0 aliphatic carbocycles. The van der Waals surface area contributed by atoms with E-state index in [1.54, 1.807) is 23.6 Å². The van der Waals surface area contributed by atoms with Gasteiger partial charge in [-0.05, 0) is 24.3 Å². The minimum absolute atomic E-state index is 0.356. The van der Waals surface area contributed by atoms with Crippen molar-refractivity contribution in [1.29, 1.82) is 0 Å². The summed E-state index contributed by atoms with van der Waals surface area (Å²) in [6.45, 7) is 0. The molecule has 0 saturated heterocycles. The average Bonchev–Trinajstić information content (AvgIpc) is 2.81. The van der Waals surface area contributed by atoms with Gasteiger partial charge in [0.2, 0.25) is 0 Å². The Labute approximate surface area is 119 Å². The summed E-state index contributed by atoms with van der Waals surface area (Å²) in [6.07, 6.45) is 1.67. The monoisotopic (exact) mass is 286 g/mol. The third-order valence-electron chi connectivity index (χ3n) is 2.57. The van der Waals surface area contributed by atoms with Gasteiger partial charge >= 0.3 is 0 Å². The number of aromatic nitrogens is 2. The highest BCUT2D eigenvalue weighted by Crippen LogP contribution is 2.27. The molecular weight excluding hydrogens is 276 g/mol. The van der Waals surface area contributed by atoms with Gasteiger partial charge in [0.25, 0.3) is 0 Å². The van der Waals surface area contributed by atoms with Crippen molar-refractivity contribution in [1.82, 2.24) is 9.97 Å². The zero-order valence-corrected chi connectivity index (χ0v) is 11.5. The highest BCUT2D eigenvalue weighted by Gasteiger charge is 2.05. The van der Waals surface area contributed by atoms with Gasteiger partial charge in [-0.15, -0.1) is 0 Å². The van der Waals surface area contributed by atoms with Gasteiger partial charge < -0.3 is 11.1 Å². The largest absolute Gasteiger partial charge is 0.389 e. The topological polar surface area (TPSA) is 63.8 Å². The molecule has 0 amide bonds. The minimum atomic E-state index is 0.356. The molecule has 4 nitrogen and oxygen atoms in total. The Bertz CT molecular complexity index is 718. The van der Waals surface area contributed by atoms with Crippen LogP contribution in [0.3, 0.4) is 0 Å².